The minimum Gasteiger partial charge on any atom is -0.670 e. The number of carboxylic acid groups (broad SMARTS) is 1. The van der Waals surface area contributed by atoms with Crippen molar-refractivity contribution in [2.45, 2.75) is 12.5 Å². The number of nitrogens with one attached hydrogen (secondary N) is 2. The Morgan fingerprint density at radius 1 is 1.04 bits per heavy atom. The van der Waals surface area contributed by atoms with Crippen LogP contribution in [-0.2, 0) is 11.2 Å². The maximum atomic E-state index is 11.2. The van der Waals surface area contributed by atoms with E-state index in [1.54, 1.807) is 36.4 Å². The Labute approximate surface area is 189 Å². The Morgan fingerprint density at radius 2 is 1.52 bits per heavy atom. The molecule has 1 amide bonds. The molecule has 0 bridgehead atoms. The maximum Gasteiger partial charge on any atom is 1.00 e. The Morgan fingerprint density at radius 3 is 1.96 bits per heavy atom. The third kappa shape index (κ3) is 7.47. The molecular formula is C16H14N2Na2O5. The molecule has 0 spiro atoms. The number of carbonyl (C=O) groups is 2. The van der Waals surface area contributed by atoms with Crippen LogP contribution in [0.25, 0.3) is 5.73 Å². The summed E-state index contributed by atoms with van der Waals surface area (Å²) in [6, 6.07) is 11.5. The number of amides is 1. The molecule has 0 aromatic heterocycles. The Hall–Kier alpha value is -0.900. The van der Waals surface area contributed by atoms with Gasteiger partial charge in [-0.2, -0.15) is 0 Å². The summed E-state index contributed by atoms with van der Waals surface area (Å²) in [5.74, 6) is -0.987. The van der Waals surface area contributed by atoms with Crippen molar-refractivity contribution in [3.63, 3.8) is 0 Å². The fourth-order valence-electron chi connectivity index (χ4n) is 1.89. The molecule has 120 valence electrons. The van der Waals surface area contributed by atoms with E-state index in [0.29, 0.717) is 22.6 Å². The first-order valence-electron chi connectivity index (χ1n) is 6.73. The molecule has 2 rings (SSSR count). The zero-order valence-corrected chi connectivity index (χ0v) is 18.0. The molecule has 9 heteroatoms. The molecule has 0 saturated carbocycles. The van der Waals surface area contributed by atoms with E-state index in [-0.39, 0.29) is 65.5 Å². The van der Waals surface area contributed by atoms with Gasteiger partial charge >= 0.3 is 59.1 Å². The van der Waals surface area contributed by atoms with Crippen LogP contribution in [0.15, 0.2) is 48.5 Å². The third-order valence-corrected chi connectivity index (χ3v) is 3.10. The van der Waals surface area contributed by atoms with Crippen molar-refractivity contribution >= 4 is 11.9 Å². The molecule has 0 aliphatic heterocycles. The van der Waals surface area contributed by atoms with Crippen LogP contribution >= 0.6 is 0 Å². The summed E-state index contributed by atoms with van der Waals surface area (Å²) in [6.45, 7) is 0. The van der Waals surface area contributed by atoms with Gasteiger partial charge in [-0.15, -0.1) is 0 Å². The fourth-order valence-corrected chi connectivity index (χ4v) is 1.89. The number of ether oxygens (including phenoxy) is 1. The quantitative estimate of drug-likeness (QED) is 0.305. The third-order valence-electron chi connectivity index (χ3n) is 3.10. The van der Waals surface area contributed by atoms with Crippen LogP contribution in [0, 0.1) is 0 Å². The minimum atomic E-state index is -1.41. The van der Waals surface area contributed by atoms with Crippen molar-refractivity contribution in [1.82, 2.24) is 5.48 Å². The summed E-state index contributed by atoms with van der Waals surface area (Å²) >= 11 is 0. The van der Waals surface area contributed by atoms with Crippen molar-refractivity contribution in [1.29, 1.82) is 0 Å². The van der Waals surface area contributed by atoms with Crippen LogP contribution in [0.5, 0.6) is 11.5 Å². The number of rotatable bonds is 6. The standard InChI is InChI=1S/C16H15N2O5.2Na/c17-14(16(20)21)9-10-1-5-12(6-2-10)23-13-7-3-11(4-8-13)15(19)18-22;;/h1-8,14,17,22H,9H2,(H,18,19)(H,20,21);;/q-1;2*+1/p-1. The molecule has 1 unspecified atom stereocenters. The largest absolute Gasteiger partial charge is 1.00 e. The molecule has 0 radical (unpaired) electrons. The van der Waals surface area contributed by atoms with Crippen molar-refractivity contribution in [3.05, 3.63) is 65.4 Å². The van der Waals surface area contributed by atoms with Gasteiger partial charge in [0, 0.05) is 11.5 Å². The zero-order valence-electron chi connectivity index (χ0n) is 14.0. The van der Waals surface area contributed by atoms with Gasteiger partial charge in [-0.1, -0.05) is 18.2 Å². The molecule has 2 aromatic rings. The Bertz CT molecular complexity index is 693. The normalized spacial score (nSPS) is 10.6. The van der Waals surface area contributed by atoms with E-state index < -0.39 is 17.9 Å². The van der Waals surface area contributed by atoms with E-state index in [1.807, 2.05) is 0 Å². The minimum absolute atomic E-state index is 0. The number of carboxylic acids is 1. The maximum absolute atomic E-state index is 11.2. The molecule has 25 heavy (non-hydrogen) atoms. The SMILES string of the molecule is [NH-]C(Cc1ccc(Oc2ccc(C(=O)NO)cc2)cc1)C(=O)[O-].[Na+].[Na+]. The summed E-state index contributed by atoms with van der Waals surface area (Å²) < 4.78 is 5.58. The van der Waals surface area contributed by atoms with Gasteiger partial charge in [-0.3, -0.25) is 10.0 Å². The smallest absolute Gasteiger partial charge is 0.670 e. The molecule has 7 nitrogen and oxygen atoms in total. The molecule has 0 fully saturated rings. The average molecular weight is 360 g/mol. The van der Waals surface area contributed by atoms with E-state index in [2.05, 4.69) is 0 Å². The van der Waals surface area contributed by atoms with E-state index in [0.717, 1.165) is 0 Å². The number of aliphatic carboxylic acids is 1. The fraction of sp³-hybridized carbons (Fsp3) is 0.125. The van der Waals surface area contributed by atoms with Gasteiger partial charge < -0.3 is 20.4 Å². The summed E-state index contributed by atoms with van der Waals surface area (Å²) in [4.78, 5) is 21.7. The van der Waals surface area contributed by atoms with Crippen molar-refractivity contribution in [2.24, 2.45) is 0 Å². The molecular weight excluding hydrogens is 346 g/mol. The summed E-state index contributed by atoms with van der Waals surface area (Å²) in [5.41, 5.74) is 9.84. The topological polar surface area (TPSA) is 122 Å². The first-order valence-corrected chi connectivity index (χ1v) is 6.73. The van der Waals surface area contributed by atoms with Crippen molar-refractivity contribution in [2.75, 3.05) is 0 Å². The monoisotopic (exact) mass is 360 g/mol. The Balaban J connectivity index is 0.00000288. The summed E-state index contributed by atoms with van der Waals surface area (Å²) in [6.07, 6.45) is 0.0631. The molecule has 0 saturated heterocycles. The number of hydrogen-bond donors (Lipinski definition) is 2. The first kappa shape index (κ1) is 24.1. The second kappa shape index (κ2) is 11.7. The average Bonchev–Trinajstić information content (AvgIpc) is 2.56. The van der Waals surface area contributed by atoms with Crippen LogP contribution in [0.1, 0.15) is 15.9 Å². The van der Waals surface area contributed by atoms with E-state index in [4.69, 9.17) is 15.7 Å². The van der Waals surface area contributed by atoms with Crippen molar-refractivity contribution in [3.8, 4) is 11.5 Å². The van der Waals surface area contributed by atoms with Crippen LogP contribution in [0.4, 0.5) is 0 Å². The molecule has 1 atom stereocenters. The van der Waals surface area contributed by atoms with Gasteiger partial charge in [0.05, 0.1) is 0 Å². The number of hydrogen-bond acceptors (Lipinski definition) is 5. The van der Waals surface area contributed by atoms with Gasteiger partial charge in [0.1, 0.15) is 11.5 Å². The number of carbonyl (C=O) groups excluding carboxylic acids is 2. The predicted molar refractivity (Wildman–Crippen MR) is 79.0 cm³/mol. The number of hydroxylamine groups is 1. The second-order valence-corrected chi connectivity index (χ2v) is 4.79. The van der Waals surface area contributed by atoms with Crippen LogP contribution in [-0.4, -0.2) is 23.1 Å². The van der Waals surface area contributed by atoms with Crippen LogP contribution in [0.3, 0.4) is 0 Å². The van der Waals surface area contributed by atoms with Crippen LogP contribution < -0.4 is 74.4 Å². The predicted octanol–water partition coefficient (Wildman–Crippen LogP) is -4.68. The summed E-state index contributed by atoms with van der Waals surface area (Å²) in [7, 11) is 0. The van der Waals surface area contributed by atoms with Gasteiger partial charge in [0.2, 0.25) is 0 Å². The molecule has 0 aliphatic rings. The van der Waals surface area contributed by atoms with E-state index >= 15 is 0 Å². The van der Waals surface area contributed by atoms with Crippen molar-refractivity contribution < 1.29 is 83.8 Å². The second-order valence-electron chi connectivity index (χ2n) is 4.79. The number of benzene rings is 2. The van der Waals surface area contributed by atoms with E-state index in [9.17, 15) is 14.7 Å². The van der Waals surface area contributed by atoms with Crippen LogP contribution in [0.2, 0.25) is 0 Å². The Kier molecular flexibility index (Phi) is 11.2. The van der Waals surface area contributed by atoms with E-state index in [1.165, 1.54) is 17.6 Å². The van der Waals surface area contributed by atoms with Gasteiger partial charge in [-0.25, -0.2) is 5.48 Å². The van der Waals surface area contributed by atoms with Gasteiger partial charge in [0.15, 0.2) is 0 Å². The molecule has 0 aliphatic carbocycles. The van der Waals surface area contributed by atoms with Gasteiger partial charge in [0.25, 0.3) is 5.91 Å². The first-order chi connectivity index (χ1) is 11.0. The summed E-state index contributed by atoms with van der Waals surface area (Å²) in [5, 5.41) is 19.1. The molecule has 2 aromatic carbocycles. The molecule has 3 N–H and O–H groups in total. The van der Waals surface area contributed by atoms with Gasteiger partial charge in [-0.05, 0) is 48.4 Å². The molecule has 0 heterocycles. The zero-order chi connectivity index (χ0) is 16.8.